The normalized spacial score (nSPS) is 11.4. The maximum Gasteiger partial charge on any atom is 0.179 e. The third-order valence-electron chi connectivity index (χ3n) is 1.45. The zero-order chi connectivity index (χ0) is 9.03. The monoisotopic (exact) mass is 205 g/mol. The number of hydrogen-bond acceptors (Lipinski definition) is 2. The van der Waals surface area contributed by atoms with Gasteiger partial charge in [-0.25, -0.2) is 8.42 Å². The molecule has 1 rings (SSSR count). The molecule has 0 aliphatic carbocycles. The van der Waals surface area contributed by atoms with E-state index in [0.29, 0.717) is 4.90 Å². The van der Waals surface area contributed by atoms with E-state index in [1.807, 2.05) is 0 Å². The molecule has 0 atom stereocenters. The second kappa shape index (κ2) is 3.92. The highest BCUT2D eigenvalue weighted by molar-refractivity contribution is 7.91. The Hall–Kier alpha value is -0.540. The fourth-order valence-corrected chi connectivity index (χ4v) is 2.47. The summed E-state index contributed by atoms with van der Waals surface area (Å²) in [7, 11) is -3.14. The fraction of sp³-hybridized carbons (Fsp3) is 0.250. The first-order valence-electron chi connectivity index (χ1n) is 3.50. The Bertz CT molecular complexity index is 331. The van der Waals surface area contributed by atoms with Crippen molar-refractivity contribution in [3.63, 3.8) is 0 Å². The molecule has 0 fully saturated rings. The predicted octanol–water partition coefficient (Wildman–Crippen LogP) is 1.70. The highest BCUT2D eigenvalue weighted by atomic mass is 35.5. The Kier molecular flexibility index (Phi) is 3.12. The summed E-state index contributed by atoms with van der Waals surface area (Å²) in [6.07, 6.45) is 0. The summed E-state index contributed by atoms with van der Waals surface area (Å²) in [5.74, 6) is 0.135. The quantitative estimate of drug-likeness (QED) is 0.556. The molecule has 0 radical (unpaired) electrons. The first-order chi connectivity index (χ1) is 5.67. The number of alkyl halides is 1. The highest BCUT2D eigenvalue weighted by Crippen LogP contribution is 2.09. The molecule has 0 unspecified atom stereocenters. The van der Waals surface area contributed by atoms with Gasteiger partial charge in [0.05, 0.1) is 10.6 Å². The Morgan fingerprint density at radius 3 is 2.25 bits per heavy atom. The van der Waals surface area contributed by atoms with E-state index in [-0.39, 0.29) is 11.6 Å². The molecule has 1 aromatic rings. The van der Waals surface area contributed by atoms with Crippen molar-refractivity contribution >= 4 is 21.4 Å². The van der Waals surface area contributed by atoms with Gasteiger partial charge in [-0.2, -0.15) is 0 Å². The summed E-state index contributed by atoms with van der Waals surface area (Å²) in [4.78, 5) is 0.339. The predicted molar refractivity (Wildman–Crippen MR) is 49.2 cm³/mol. The fourth-order valence-electron chi connectivity index (χ4n) is 0.847. The number of rotatable bonds is 3. The van der Waals surface area contributed by atoms with Crippen molar-refractivity contribution in [1.29, 1.82) is 0 Å². The van der Waals surface area contributed by atoms with Crippen molar-refractivity contribution in [1.82, 2.24) is 0 Å². The van der Waals surface area contributed by atoms with Crippen LogP contribution in [0.4, 0.5) is 0 Å². The van der Waals surface area contributed by atoms with Crippen molar-refractivity contribution in [2.45, 2.75) is 4.90 Å². The second-order valence-corrected chi connectivity index (χ2v) is 4.81. The summed E-state index contributed by atoms with van der Waals surface area (Å²) in [6, 6.07) is 8.31. The molecule has 66 valence electrons. The maximum atomic E-state index is 11.3. The topological polar surface area (TPSA) is 34.1 Å². The Morgan fingerprint density at radius 1 is 1.17 bits per heavy atom. The summed E-state index contributed by atoms with van der Waals surface area (Å²) >= 11 is 5.36. The standard InChI is InChI=1S/C8H9ClO2S/c9-6-7-12(10,11)8-4-2-1-3-5-8/h1-5H,6-7H2/i6+1. The number of halogens is 1. The molecule has 0 amide bonds. The van der Waals surface area contributed by atoms with E-state index in [9.17, 15) is 8.42 Å². The second-order valence-electron chi connectivity index (χ2n) is 2.32. The number of benzene rings is 1. The molecule has 0 saturated heterocycles. The van der Waals surface area contributed by atoms with Gasteiger partial charge in [-0.05, 0) is 12.1 Å². The third kappa shape index (κ3) is 2.22. The molecule has 2 nitrogen and oxygen atoms in total. The minimum Gasteiger partial charge on any atom is -0.224 e. The number of sulfone groups is 1. The Morgan fingerprint density at radius 2 is 1.75 bits per heavy atom. The Labute approximate surface area is 77.1 Å². The molecule has 0 saturated carbocycles. The molecule has 0 spiro atoms. The summed E-state index contributed by atoms with van der Waals surface area (Å²) in [5, 5.41) is 0. The third-order valence-corrected chi connectivity index (χ3v) is 3.59. The van der Waals surface area contributed by atoms with Crippen molar-refractivity contribution in [3.05, 3.63) is 30.3 Å². The van der Waals surface area contributed by atoms with Gasteiger partial charge in [0.15, 0.2) is 9.84 Å². The van der Waals surface area contributed by atoms with Gasteiger partial charge in [0, 0.05) is 5.88 Å². The average Bonchev–Trinajstić information content (AvgIpc) is 2.06. The molecule has 4 heteroatoms. The lowest BCUT2D eigenvalue weighted by atomic mass is 10.4. The first kappa shape index (κ1) is 9.55. The number of hydrogen-bond donors (Lipinski definition) is 0. The van der Waals surface area contributed by atoms with E-state index >= 15 is 0 Å². The summed E-state index contributed by atoms with van der Waals surface area (Å²) in [6.45, 7) is 0. The van der Waals surface area contributed by atoms with Crippen molar-refractivity contribution in [2.24, 2.45) is 0 Å². The van der Waals surface area contributed by atoms with Crippen LogP contribution in [0.25, 0.3) is 0 Å². The van der Waals surface area contributed by atoms with Gasteiger partial charge in [0.1, 0.15) is 0 Å². The van der Waals surface area contributed by atoms with Crippen LogP contribution >= 0.6 is 11.6 Å². The van der Waals surface area contributed by atoms with Crippen LogP contribution in [0.3, 0.4) is 0 Å². The zero-order valence-corrected chi connectivity index (χ0v) is 7.98. The molecular formula is C8H9ClO2S. The highest BCUT2D eigenvalue weighted by Gasteiger charge is 2.11. The summed E-state index contributed by atoms with van der Waals surface area (Å²) < 4.78 is 22.7. The van der Waals surface area contributed by atoms with Gasteiger partial charge < -0.3 is 0 Å². The molecule has 0 bridgehead atoms. The van der Waals surface area contributed by atoms with Gasteiger partial charge >= 0.3 is 0 Å². The zero-order valence-electron chi connectivity index (χ0n) is 6.40. The van der Waals surface area contributed by atoms with Crippen LogP contribution in [0, 0.1) is 0 Å². The van der Waals surface area contributed by atoms with Crippen LogP contribution in [0.5, 0.6) is 0 Å². The molecule has 0 aliphatic rings. The minimum atomic E-state index is -3.14. The van der Waals surface area contributed by atoms with Crippen molar-refractivity contribution in [3.8, 4) is 0 Å². The molecule has 12 heavy (non-hydrogen) atoms. The molecule has 0 heterocycles. The van der Waals surface area contributed by atoms with E-state index in [2.05, 4.69) is 0 Å². The molecular weight excluding hydrogens is 197 g/mol. The molecule has 0 N–H and O–H groups in total. The van der Waals surface area contributed by atoms with Crippen LogP contribution in [0.2, 0.25) is 0 Å². The lowest BCUT2D eigenvalue weighted by Crippen LogP contribution is -2.07. The summed E-state index contributed by atoms with van der Waals surface area (Å²) in [5.41, 5.74) is 0. The van der Waals surface area contributed by atoms with Gasteiger partial charge in [0.25, 0.3) is 0 Å². The van der Waals surface area contributed by atoms with Gasteiger partial charge in [-0.3, -0.25) is 0 Å². The largest absolute Gasteiger partial charge is 0.224 e. The van der Waals surface area contributed by atoms with E-state index in [4.69, 9.17) is 11.6 Å². The van der Waals surface area contributed by atoms with Gasteiger partial charge in [-0.1, -0.05) is 18.2 Å². The lowest BCUT2D eigenvalue weighted by Gasteiger charge is -1.99. The first-order valence-corrected chi connectivity index (χ1v) is 5.69. The van der Waals surface area contributed by atoms with Gasteiger partial charge in [-0.15, -0.1) is 11.6 Å². The van der Waals surface area contributed by atoms with E-state index in [1.165, 1.54) is 0 Å². The molecule has 0 aliphatic heterocycles. The lowest BCUT2D eigenvalue weighted by molar-refractivity contribution is 0.597. The van der Waals surface area contributed by atoms with Crippen LogP contribution in [-0.4, -0.2) is 20.1 Å². The van der Waals surface area contributed by atoms with E-state index in [0.717, 1.165) is 0 Å². The van der Waals surface area contributed by atoms with Crippen LogP contribution in [-0.2, 0) is 9.84 Å². The van der Waals surface area contributed by atoms with E-state index in [1.54, 1.807) is 30.3 Å². The van der Waals surface area contributed by atoms with Crippen LogP contribution in [0.1, 0.15) is 0 Å². The van der Waals surface area contributed by atoms with Crippen molar-refractivity contribution in [2.75, 3.05) is 11.6 Å². The van der Waals surface area contributed by atoms with Crippen molar-refractivity contribution < 1.29 is 8.42 Å². The molecule has 1 aromatic carbocycles. The van der Waals surface area contributed by atoms with Crippen LogP contribution < -0.4 is 0 Å². The maximum absolute atomic E-state index is 11.3. The van der Waals surface area contributed by atoms with Crippen LogP contribution in [0.15, 0.2) is 35.2 Å². The SMILES string of the molecule is O=S(=O)(C[13CH2]Cl)c1ccccc1. The minimum absolute atomic E-state index is 0.00142. The average molecular weight is 206 g/mol. The molecule has 0 aromatic heterocycles. The smallest absolute Gasteiger partial charge is 0.179 e. The van der Waals surface area contributed by atoms with Gasteiger partial charge in [0.2, 0.25) is 0 Å². The Balaban J connectivity index is 2.99. The van der Waals surface area contributed by atoms with E-state index < -0.39 is 9.84 Å².